The molecule has 34 heavy (non-hydrogen) atoms. The van der Waals surface area contributed by atoms with Gasteiger partial charge in [-0.25, -0.2) is 0 Å². The van der Waals surface area contributed by atoms with Crippen molar-refractivity contribution in [2.45, 2.75) is 30.9 Å². The highest BCUT2D eigenvalue weighted by Crippen LogP contribution is 2.36. The maximum atomic E-state index is 6.67. The van der Waals surface area contributed by atoms with Crippen LogP contribution in [0.3, 0.4) is 0 Å². The Kier molecular flexibility index (Phi) is 7.40. The van der Waals surface area contributed by atoms with Crippen LogP contribution >= 0.6 is 23.4 Å². The van der Waals surface area contributed by atoms with Gasteiger partial charge in [0.25, 0.3) is 0 Å². The fraction of sp³-hybridized carbons (Fsp3) is 0.0323. The molecule has 0 atom stereocenters. The van der Waals surface area contributed by atoms with Crippen molar-refractivity contribution in [2.75, 3.05) is 0 Å². The molecule has 0 unspecified atom stereocenters. The Labute approximate surface area is 214 Å². The quantitative estimate of drug-likeness (QED) is 0.203. The van der Waals surface area contributed by atoms with Gasteiger partial charge in [-0.15, -0.1) is 0 Å². The van der Waals surface area contributed by atoms with Crippen LogP contribution in [0.2, 0.25) is 5.02 Å². The molecular weight excluding hydrogens is 472 g/mol. The molecule has 3 heteroatoms. The SMILES string of the molecule is Clc1cc(Cc2ccccc2)ccc1Sc1ccc([S+](c2ccccc2)c2ccccc2)cc1. The summed E-state index contributed by atoms with van der Waals surface area (Å²) in [6.45, 7) is 0. The van der Waals surface area contributed by atoms with E-state index >= 15 is 0 Å². The molecule has 0 heterocycles. The average Bonchev–Trinajstić information content (AvgIpc) is 2.89. The molecule has 0 saturated carbocycles. The second kappa shape index (κ2) is 11.0. The minimum Gasteiger partial charge on any atom is -0.0885 e. The lowest BCUT2D eigenvalue weighted by Gasteiger charge is -2.10. The van der Waals surface area contributed by atoms with Crippen LogP contribution in [0.1, 0.15) is 11.1 Å². The van der Waals surface area contributed by atoms with E-state index in [1.54, 1.807) is 11.8 Å². The molecule has 0 amide bonds. The largest absolute Gasteiger partial charge is 0.166 e. The summed E-state index contributed by atoms with van der Waals surface area (Å²) in [5.74, 6) is 0. The normalized spacial score (nSPS) is 11.0. The third-order valence-electron chi connectivity index (χ3n) is 5.49. The highest BCUT2D eigenvalue weighted by Gasteiger charge is 2.28. The van der Waals surface area contributed by atoms with Gasteiger partial charge in [-0.3, -0.25) is 0 Å². The molecule has 0 aliphatic rings. The van der Waals surface area contributed by atoms with E-state index in [4.69, 9.17) is 11.6 Å². The highest BCUT2D eigenvalue weighted by molar-refractivity contribution is 7.99. The predicted octanol–water partition coefficient (Wildman–Crippen LogP) is 9.18. The molecular formula is C31H24ClS2+. The summed E-state index contributed by atoms with van der Waals surface area (Å²) in [5, 5.41) is 0.802. The summed E-state index contributed by atoms with van der Waals surface area (Å²) in [6, 6.07) is 47.3. The third-order valence-corrected chi connectivity index (χ3v) is 9.23. The van der Waals surface area contributed by atoms with E-state index in [1.807, 2.05) is 6.07 Å². The van der Waals surface area contributed by atoms with Crippen molar-refractivity contribution in [3.63, 3.8) is 0 Å². The zero-order valence-corrected chi connectivity index (χ0v) is 21.0. The van der Waals surface area contributed by atoms with Crippen LogP contribution in [0.15, 0.2) is 158 Å². The van der Waals surface area contributed by atoms with Gasteiger partial charge in [0.1, 0.15) is 0 Å². The monoisotopic (exact) mass is 495 g/mol. The van der Waals surface area contributed by atoms with Crippen molar-refractivity contribution in [1.82, 2.24) is 0 Å². The van der Waals surface area contributed by atoms with Gasteiger partial charge in [0.05, 0.1) is 15.9 Å². The van der Waals surface area contributed by atoms with Crippen molar-refractivity contribution < 1.29 is 0 Å². The zero-order valence-electron chi connectivity index (χ0n) is 18.6. The number of rotatable bonds is 7. The van der Waals surface area contributed by atoms with E-state index in [0.717, 1.165) is 16.3 Å². The van der Waals surface area contributed by atoms with Gasteiger partial charge < -0.3 is 0 Å². The predicted molar refractivity (Wildman–Crippen MR) is 146 cm³/mol. The van der Waals surface area contributed by atoms with Crippen LogP contribution in [0.5, 0.6) is 0 Å². The summed E-state index contributed by atoms with van der Waals surface area (Å²) in [7, 11) is -0.132. The molecule has 0 aliphatic carbocycles. The molecule has 0 spiro atoms. The molecule has 5 aromatic carbocycles. The highest BCUT2D eigenvalue weighted by atomic mass is 35.5. The van der Waals surface area contributed by atoms with Gasteiger partial charge in [0, 0.05) is 9.79 Å². The lowest BCUT2D eigenvalue weighted by molar-refractivity contribution is 1.18. The standard InChI is InChI=1S/C31H24ClS2/c32-30-23-25(22-24-10-4-1-5-11-24)16-21-31(30)33-26-17-19-29(20-18-26)34(27-12-6-2-7-13-27)28-14-8-3-9-15-28/h1-21,23H,22H2/q+1. The topological polar surface area (TPSA) is 0 Å². The Morgan fingerprint density at radius 2 is 1.06 bits per heavy atom. The van der Waals surface area contributed by atoms with Gasteiger partial charge >= 0.3 is 0 Å². The van der Waals surface area contributed by atoms with Crippen molar-refractivity contribution in [3.8, 4) is 0 Å². The molecule has 5 rings (SSSR count). The van der Waals surface area contributed by atoms with Crippen LogP contribution in [0.4, 0.5) is 0 Å². The van der Waals surface area contributed by atoms with Crippen molar-refractivity contribution in [3.05, 3.63) is 150 Å². The van der Waals surface area contributed by atoms with Crippen LogP contribution in [-0.2, 0) is 17.3 Å². The molecule has 166 valence electrons. The average molecular weight is 496 g/mol. The first kappa shape index (κ1) is 22.9. The van der Waals surface area contributed by atoms with Crippen LogP contribution < -0.4 is 0 Å². The first-order valence-electron chi connectivity index (χ1n) is 11.2. The first-order chi connectivity index (χ1) is 16.8. The van der Waals surface area contributed by atoms with Crippen LogP contribution in [-0.4, -0.2) is 0 Å². The maximum Gasteiger partial charge on any atom is 0.166 e. The summed E-state index contributed by atoms with van der Waals surface area (Å²) >= 11 is 8.38. The lowest BCUT2D eigenvalue weighted by Crippen LogP contribution is -2.04. The van der Waals surface area contributed by atoms with Gasteiger partial charge in [-0.05, 0) is 78.2 Å². The van der Waals surface area contributed by atoms with Gasteiger partial charge in [-0.2, -0.15) is 0 Å². The summed E-state index contributed by atoms with van der Waals surface area (Å²) in [4.78, 5) is 6.23. The Hall–Kier alpha value is -2.91. The summed E-state index contributed by atoms with van der Waals surface area (Å²) in [5.41, 5.74) is 2.52. The molecule has 5 aromatic rings. The number of halogens is 1. The van der Waals surface area contributed by atoms with E-state index in [2.05, 4.69) is 127 Å². The van der Waals surface area contributed by atoms with E-state index < -0.39 is 0 Å². The molecule has 0 saturated heterocycles. The fourth-order valence-corrected chi connectivity index (χ4v) is 7.08. The Balaban J connectivity index is 1.35. The van der Waals surface area contributed by atoms with Gasteiger partial charge in [0.15, 0.2) is 14.7 Å². The summed E-state index contributed by atoms with van der Waals surface area (Å²) < 4.78 is 0. The van der Waals surface area contributed by atoms with Crippen molar-refractivity contribution >= 4 is 34.3 Å². The lowest BCUT2D eigenvalue weighted by atomic mass is 10.1. The molecule has 0 N–H and O–H groups in total. The third kappa shape index (κ3) is 5.59. The van der Waals surface area contributed by atoms with E-state index in [9.17, 15) is 0 Å². The molecule has 0 aromatic heterocycles. The Morgan fingerprint density at radius 3 is 1.62 bits per heavy atom. The minimum absolute atomic E-state index is 0.132. The van der Waals surface area contributed by atoms with E-state index in [-0.39, 0.29) is 10.9 Å². The first-order valence-corrected chi connectivity index (χ1v) is 13.6. The number of hydrogen-bond acceptors (Lipinski definition) is 1. The number of benzene rings is 5. The minimum atomic E-state index is -0.132. The molecule has 0 bridgehead atoms. The second-order valence-corrected chi connectivity index (χ2v) is 11.5. The molecule has 0 nitrogen and oxygen atoms in total. The summed E-state index contributed by atoms with van der Waals surface area (Å²) in [6.07, 6.45) is 0.890. The number of hydrogen-bond donors (Lipinski definition) is 0. The molecule has 0 fully saturated rings. The van der Waals surface area contributed by atoms with Gasteiger partial charge in [0.2, 0.25) is 0 Å². The second-order valence-electron chi connectivity index (χ2n) is 7.93. The van der Waals surface area contributed by atoms with Gasteiger partial charge in [-0.1, -0.05) is 96.2 Å². The maximum absolute atomic E-state index is 6.67. The Bertz CT molecular complexity index is 1300. The molecule has 0 radical (unpaired) electrons. The fourth-order valence-electron chi connectivity index (χ4n) is 3.86. The van der Waals surface area contributed by atoms with Crippen LogP contribution in [0, 0.1) is 0 Å². The smallest absolute Gasteiger partial charge is 0.0885 e. The van der Waals surface area contributed by atoms with Crippen LogP contribution in [0.25, 0.3) is 0 Å². The van der Waals surface area contributed by atoms with Crippen molar-refractivity contribution in [1.29, 1.82) is 0 Å². The zero-order chi connectivity index (χ0) is 23.2. The van der Waals surface area contributed by atoms with Crippen molar-refractivity contribution in [2.24, 2.45) is 0 Å². The Morgan fingerprint density at radius 1 is 0.529 bits per heavy atom. The van der Waals surface area contributed by atoms with E-state index in [1.165, 1.54) is 30.7 Å². The molecule has 0 aliphatic heterocycles. The van der Waals surface area contributed by atoms with E-state index in [0.29, 0.717) is 0 Å².